The van der Waals surface area contributed by atoms with Gasteiger partial charge in [-0.15, -0.1) is 0 Å². The molecule has 3 rings (SSSR count). The number of fused-ring (bicyclic) bond motifs is 1. The second-order valence-corrected chi connectivity index (χ2v) is 5.79. The summed E-state index contributed by atoms with van der Waals surface area (Å²) in [5, 5.41) is 11.5. The fourth-order valence-corrected chi connectivity index (χ4v) is 3.02. The number of ether oxygens (including phenoxy) is 1. The molecule has 114 valence electrons. The summed E-state index contributed by atoms with van der Waals surface area (Å²) in [5.41, 5.74) is 2.86. The van der Waals surface area contributed by atoms with Crippen LogP contribution in [0.2, 0.25) is 5.02 Å². The molecule has 0 aliphatic heterocycles. The summed E-state index contributed by atoms with van der Waals surface area (Å²) in [6.45, 7) is 1.75. The normalized spacial score (nSPS) is 13.5. The Morgan fingerprint density at radius 2 is 2.00 bits per heavy atom. The maximum Gasteiger partial charge on any atom is 0.288 e. The number of rotatable bonds is 3. The lowest BCUT2D eigenvalue weighted by Crippen LogP contribution is -2.06. The van der Waals surface area contributed by atoms with Crippen LogP contribution in [-0.4, -0.2) is 9.91 Å². The van der Waals surface area contributed by atoms with Crippen molar-refractivity contribution >= 4 is 17.3 Å². The van der Waals surface area contributed by atoms with Crippen LogP contribution in [0.15, 0.2) is 24.4 Å². The minimum Gasteiger partial charge on any atom is -0.438 e. The van der Waals surface area contributed by atoms with Gasteiger partial charge in [-0.3, -0.25) is 10.1 Å². The maximum absolute atomic E-state index is 10.8. The van der Waals surface area contributed by atoms with Gasteiger partial charge in [-0.1, -0.05) is 11.6 Å². The summed E-state index contributed by atoms with van der Waals surface area (Å²) in [6.07, 6.45) is 5.33. The molecule has 1 aliphatic carbocycles. The molecule has 0 saturated carbocycles. The van der Waals surface area contributed by atoms with E-state index < -0.39 is 4.92 Å². The van der Waals surface area contributed by atoms with Gasteiger partial charge in [0.15, 0.2) is 0 Å². The first-order valence-corrected chi connectivity index (χ1v) is 7.53. The van der Waals surface area contributed by atoms with E-state index in [0.717, 1.165) is 47.6 Å². The van der Waals surface area contributed by atoms with Crippen molar-refractivity contribution in [1.82, 2.24) is 4.98 Å². The van der Waals surface area contributed by atoms with Crippen LogP contribution >= 0.6 is 11.6 Å². The van der Waals surface area contributed by atoms with Gasteiger partial charge in [-0.2, -0.15) is 0 Å². The van der Waals surface area contributed by atoms with E-state index in [2.05, 4.69) is 4.98 Å². The van der Waals surface area contributed by atoms with Crippen LogP contribution in [-0.2, 0) is 12.8 Å². The number of aromatic nitrogens is 1. The molecule has 0 amide bonds. The zero-order valence-electron chi connectivity index (χ0n) is 12.1. The molecule has 22 heavy (non-hydrogen) atoms. The number of nitrogens with zero attached hydrogens (tertiary/aromatic N) is 2. The second-order valence-electron chi connectivity index (χ2n) is 5.38. The monoisotopic (exact) mass is 318 g/mol. The highest BCUT2D eigenvalue weighted by Crippen LogP contribution is 2.37. The molecule has 1 aliphatic rings. The Morgan fingerprint density at radius 3 is 2.68 bits per heavy atom. The molecular formula is C16H15ClN2O3. The largest absolute Gasteiger partial charge is 0.438 e. The predicted molar refractivity (Wildman–Crippen MR) is 83.8 cm³/mol. The molecule has 2 aromatic rings. The van der Waals surface area contributed by atoms with E-state index in [1.807, 2.05) is 12.1 Å². The van der Waals surface area contributed by atoms with Gasteiger partial charge in [-0.25, -0.2) is 4.98 Å². The third-order valence-corrected chi connectivity index (χ3v) is 4.22. The zero-order valence-corrected chi connectivity index (χ0v) is 12.9. The van der Waals surface area contributed by atoms with Gasteiger partial charge in [0.1, 0.15) is 11.9 Å². The molecule has 1 aromatic heterocycles. The predicted octanol–water partition coefficient (Wildman–Crippen LogP) is 4.62. The number of halogens is 1. The van der Waals surface area contributed by atoms with E-state index in [-0.39, 0.29) is 5.69 Å². The van der Waals surface area contributed by atoms with Crippen molar-refractivity contribution in [2.24, 2.45) is 0 Å². The van der Waals surface area contributed by atoms with Crippen LogP contribution in [0.4, 0.5) is 5.69 Å². The van der Waals surface area contributed by atoms with Crippen molar-refractivity contribution in [3.63, 3.8) is 0 Å². The van der Waals surface area contributed by atoms with Crippen LogP contribution in [0, 0.1) is 17.0 Å². The fourth-order valence-electron chi connectivity index (χ4n) is 2.74. The Bertz CT molecular complexity index is 746. The Hall–Kier alpha value is -2.14. The lowest BCUT2D eigenvalue weighted by Gasteiger charge is -2.20. The highest BCUT2D eigenvalue weighted by atomic mass is 35.5. The Balaban J connectivity index is 1.95. The molecule has 0 N–H and O–H groups in total. The van der Waals surface area contributed by atoms with Gasteiger partial charge >= 0.3 is 0 Å². The van der Waals surface area contributed by atoms with Crippen molar-refractivity contribution in [2.75, 3.05) is 0 Å². The van der Waals surface area contributed by atoms with Crippen LogP contribution < -0.4 is 4.74 Å². The second kappa shape index (κ2) is 5.93. The SMILES string of the molecule is Cc1cc([N+](=O)[O-])cnc1Oc1ccc(Cl)c2c1CCCC2. The topological polar surface area (TPSA) is 65.3 Å². The summed E-state index contributed by atoms with van der Waals surface area (Å²) >= 11 is 6.26. The third kappa shape index (κ3) is 2.76. The molecular weight excluding hydrogens is 304 g/mol. The zero-order chi connectivity index (χ0) is 15.7. The van der Waals surface area contributed by atoms with Crippen molar-refractivity contribution in [1.29, 1.82) is 0 Å². The molecule has 0 atom stereocenters. The first kappa shape index (κ1) is 14.8. The molecule has 5 nitrogen and oxygen atoms in total. The van der Waals surface area contributed by atoms with Crippen molar-refractivity contribution in [3.8, 4) is 11.6 Å². The van der Waals surface area contributed by atoms with Crippen LogP contribution in [0.25, 0.3) is 0 Å². The molecule has 0 saturated heterocycles. The Kier molecular flexibility index (Phi) is 3.98. The molecule has 0 spiro atoms. The van der Waals surface area contributed by atoms with E-state index in [1.165, 1.54) is 12.3 Å². The molecule has 1 aromatic carbocycles. The maximum atomic E-state index is 10.8. The molecule has 0 bridgehead atoms. The lowest BCUT2D eigenvalue weighted by molar-refractivity contribution is -0.385. The summed E-state index contributed by atoms with van der Waals surface area (Å²) in [4.78, 5) is 14.4. The summed E-state index contributed by atoms with van der Waals surface area (Å²) < 4.78 is 5.90. The standard InChI is InChI=1S/C16H15ClN2O3/c1-10-8-11(19(20)21)9-18-16(10)22-15-7-6-14(17)12-4-2-3-5-13(12)15/h6-9H,2-5H2,1H3. The number of pyridine rings is 1. The van der Waals surface area contributed by atoms with Gasteiger partial charge in [-0.05, 0) is 55.9 Å². The number of hydrogen-bond donors (Lipinski definition) is 0. The molecule has 1 heterocycles. The van der Waals surface area contributed by atoms with Crippen molar-refractivity contribution < 1.29 is 9.66 Å². The minimum absolute atomic E-state index is 0.0389. The highest BCUT2D eigenvalue weighted by molar-refractivity contribution is 6.31. The number of aryl methyl sites for hydroxylation is 1. The average Bonchev–Trinajstić information content (AvgIpc) is 2.52. The molecule has 0 unspecified atom stereocenters. The molecule has 6 heteroatoms. The summed E-state index contributed by atoms with van der Waals surface area (Å²) in [7, 11) is 0. The number of hydrogen-bond acceptors (Lipinski definition) is 4. The molecule has 0 fully saturated rings. The van der Waals surface area contributed by atoms with E-state index in [4.69, 9.17) is 16.3 Å². The summed E-state index contributed by atoms with van der Waals surface area (Å²) in [5.74, 6) is 1.13. The average molecular weight is 319 g/mol. The third-order valence-electron chi connectivity index (χ3n) is 3.87. The Labute approximate surface area is 133 Å². The van der Waals surface area contributed by atoms with Crippen LogP contribution in [0.3, 0.4) is 0 Å². The van der Waals surface area contributed by atoms with Gasteiger partial charge in [0, 0.05) is 16.7 Å². The quantitative estimate of drug-likeness (QED) is 0.611. The van der Waals surface area contributed by atoms with Crippen molar-refractivity contribution in [2.45, 2.75) is 32.6 Å². The van der Waals surface area contributed by atoms with E-state index in [9.17, 15) is 10.1 Å². The van der Waals surface area contributed by atoms with E-state index in [1.54, 1.807) is 6.92 Å². The first-order valence-electron chi connectivity index (χ1n) is 7.15. The minimum atomic E-state index is -0.464. The van der Waals surface area contributed by atoms with Gasteiger partial charge in [0.05, 0.1) is 4.92 Å². The Morgan fingerprint density at radius 1 is 1.27 bits per heavy atom. The van der Waals surface area contributed by atoms with Crippen molar-refractivity contribution in [3.05, 3.63) is 56.2 Å². The smallest absolute Gasteiger partial charge is 0.288 e. The first-order chi connectivity index (χ1) is 10.6. The van der Waals surface area contributed by atoms with Crippen LogP contribution in [0.1, 0.15) is 29.5 Å². The van der Waals surface area contributed by atoms with E-state index in [0.29, 0.717) is 11.4 Å². The van der Waals surface area contributed by atoms with E-state index >= 15 is 0 Å². The van der Waals surface area contributed by atoms with Gasteiger partial charge in [0.25, 0.3) is 5.69 Å². The van der Waals surface area contributed by atoms with Gasteiger partial charge in [0.2, 0.25) is 5.88 Å². The molecule has 0 radical (unpaired) electrons. The highest BCUT2D eigenvalue weighted by Gasteiger charge is 2.19. The van der Waals surface area contributed by atoms with Gasteiger partial charge < -0.3 is 4.74 Å². The van der Waals surface area contributed by atoms with Crippen LogP contribution in [0.5, 0.6) is 11.6 Å². The number of nitro groups is 1. The summed E-state index contributed by atoms with van der Waals surface area (Å²) in [6, 6.07) is 5.14. The lowest BCUT2D eigenvalue weighted by atomic mass is 9.91. The number of benzene rings is 1. The fraction of sp³-hybridized carbons (Fsp3) is 0.312.